The van der Waals surface area contributed by atoms with Crippen molar-refractivity contribution in [3.05, 3.63) is 63.9 Å². The molecular weight excluding hydrogens is 406 g/mol. The number of carbonyl (C=O) groups is 1. The van der Waals surface area contributed by atoms with Gasteiger partial charge in [-0.25, -0.2) is 0 Å². The Balaban J connectivity index is 1.71. The topological polar surface area (TPSA) is 56.0 Å². The standard InChI is InChI=1S/C20H22BrN5O/c1-13-10-17(14(2)26(13)16-7-4-6-15(21)11-16)20(27)25-9-5-8-18(25)19-23-22-12-24(19)3/h4,6-7,10-12,18H,5,8-9H2,1-3H3/t18-/m1/s1. The van der Waals surface area contributed by atoms with Crippen molar-refractivity contribution in [2.75, 3.05) is 6.54 Å². The van der Waals surface area contributed by atoms with Crippen LogP contribution in [0.15, 0.2) is 41.1 Å². The zero-order valence-electron chi connectivity index (χ0n) is 15.7. The molecule has 140 valence electrons. The van der Waals surface area contributed by atoms with Crippen molar-refractivity contribution >= 4 is 21.8 Å². The molecule has 1 aliphatic heterocycles. The smallest absolute Gasteiger partial charge is 0.256 e. The Kier molecular flexibility index (Phi) is 4.63. The van der Waals surface area contributed by atoms with Gasteiger partial charge < -0.3 is 14.0 Å². The number of aromatic nitrogens is 4. The van der Waals surface area contributed by atoms with Crippen molar-refractivity contribution in [3.63, 3.8) is 0 Å². The highest BCUT2D eigenvalue weighted by Crippen LogP contribution is 2.33. The number of aryl methyl sites for hydroxylation is 2. The van der Waals surface area contributed by atoms with Gasteiger partial charge in [0.25, 0.3) is 5.91 Å². The molecule has 1 aliphatic rings. The molecule has 1 saturated heterocycles. The predicted octanol–water partition coefficient (Wildman–Crippen LogP) is 3.96. The molecule has 4 rings (SSSR count). The van der Waals surface area contributed by atoms with Crippen LogP contribution in [-0.4, -0.2) is 36.7 Å². The number of likely N-dealkylation sites (tertiary alicyclic amines) is 1. The van der Waals surface area contributed by atoms with Crippen molar-refractivity contribution in [1.82, 2.24) is 24.2 Å². The molecule has 2 aromatic heterocycles. The fourth-order valence-corrected chi connectivity index (χ4v) is 4.41. The Labute approximate surface area is 166 Å². The van der Waals surface area contributed by atoms with E-state index in [0.717, 1.165) is 52.3 Å². The minimum Gasteiger partial charge on any atom is -0.328 e. The number of carbonyl (C=O) groups excluding carboxylic acids is 1. The first kappa shape index (κ1) is 18.0. The van der Waals surface area contributed by atoms with Crippen LogP contribution in [0.25, 0.3) is 5.69 Å². The van der Waals surface area contributed by atoms with E-state index in [9.17, 15) is 4.79 Å². The Morgan fingerprint density at radius 1 is 1.26 bits per heavy atom. The lowest BCUT2D eigenvalue weighted by Crippen LogP contribution is -2.32. The lowest BCUT2D eigenvalue weighted by molar-refractivity contribution is 0.0727. The molecule has 0 saturated carbocycles. The maximum Gasteiger partial charge on any atom is 0.256 e. The molecule has 3 aromatic rings. The maximum atomic E-state index is 13.4. The summed E-state index contributed by atoms with van der Waals surface area (Å²) in [4.78, 5) is 15.3. The third-order valence-corrected chi connectivity index (χ3v) is 5.78. The summed E-state index contributed by atoms with van der Waals surface area (Å²) < 4.78 is 5.05. The Morgan fingerprint density at radius 2 is 2.07 bits per heavy atom. The van der Waals surface area contributed by atoms with Crippen LogP contribution in [0.1, 0.15) is 46.5 Å². The second kappa shape index (κ2) is 6.96. The third kappa shape index (κ3) is 3.10. The van der Waals surface area contributed by atoms with E-state index < -0.39 is 0 Å². The van der Waals surface area contributed by atoms with Gasteiger partial charge >= 0.3 is 0 Å². The molecule has 1 atom stereocenters. The highest BCUT2D eigenvalue weighted by atomic mass is 79.9. The summed E-state index contributed by atoms with van der Waals surface area (Å²) in [6.07, 6.45) is 3.59. The van der Waals surface area contributed by atoms with Crippen LogP contribution >= 0.6 is 15.9 Å². The second-order valence-electron chi connectivity index (χ2n) is 7.06. The van der Waals surface area contributed by atoms with Crippen LogP contribution in [0.5, 0.6) is 0 Å². The normalized spacial score (nSPS) is 16.9. The molecule has 0 radical (unpaired) electrons. The number of hydrogen-bond donors (Lipinski definition) is 0. The molecule has 27 heavy (non-hydrogen) atoms. The minimum absolute atomic E-state index is 0.0149. The number of amides is 1. The van der Waals surface area contributed by atoms with Gasteiger partial charge in [-0.2, -0.15) is 0 Å². The van der Waals surface area contributed by atoms with Crippen molar-refractivity contribution in [2.24, 2.45) is 7.05 Å². The number of nitrogens with zero attached hydrogens (tertiary/aromatic N) is 5. The lowest BCUT2D eigenvalue weighted by Gasteiger charge is -2.24. The van der Waals surface area contributed by atoms with Crippen molar-refractivity contribution in [2.45, 2.75) is 32.7 Å². The monoisotopic (exact) mass is 427 g/mol. The van der Waals surface area contributed by atoms with Gasteiger partial charge in [0.1, 0.15) is 6.33 Å². The lowest BCUT2D eigenvalue weighted by atomic mass is 10.1. The average molecular weight is 428 g/mol. The second-order valence-corrected chi connectivity index (χ2v) is 7.97. The van der Waals surface area contributed by atoms with Crippen molar-refractivity contribution < 1.29 is 4.79 Å². The van der Waals surface area contributed by atoms with E-state index in [1.807, 2.05) is 48.6 Å². The molecule has 0 N–H and O–H groups in total. The number of halogens is 1. The molecule has 0 spiro atoms. The average Bonchev–Trinajstić information content (AvgIpc) is 3.33. The summed E-state index contributed by atoms with van der Waals surface area (Å²) in [5.41, 5.74) is 3.80. The molecule has 3 heterocycles. The fourth-order valence-electron chi connectivity index (χ4n) is 4.02. The highest BCUT2D eigenvalue weighted by molar-refractivity contribution is 9.10. The summed E-state index contributed by atoms with van der Waals surface area (Å²) in [5.74, 6) is 0.913. The zero-order valence-corrected chi connectivity index (χ0v) is 17.3. The van der Waals surface area contributed by atoms with Crippen LogP contribution in [0.3, 0.4) is 0 Å². The van der Waals surface area contributed by atoms with Crippen LogP contribution in [0.4, 0.5) is 0 Å². The quantitative estimate of drug-likeness (QED) is 0.635. The third-order valence-electron chi connectivity index (χ3n) is 5.29. The van der Waals surface area contributed by atoms with E-state index in [-0.39, 0.29) is 11.9 Å². The Bertz CT molecular complexity index is 1010. The van der Waals surface area contributed by atoms with Gasteiger partial charge in [0, 0.05) is 35.1 Å². The molecule has 0 unspecified atom stereocenters. The minimum atomic E-state index is -0.0149. The van der Waals surface area contributed by atoms with Crippen molar-refractivity contribution in [1.29, 1.82) is 0 Å². The molecule has 0 aliphatic carbocycles. The molecule has 1 amide bonds. The van der Waals surface area contributed by atoms with Gasteiger partial charge in [-0.15, -0.1) is 10.2 Å². The van der Waals surface area contributed by atoms with E-state index in [0.29, 0.717) is 0 Å². The van der Waals surface area contributed by atoms with Gasteiger partial charge in [-0.3, -0.25) is 4.79 Å². The summed E-state index contributed by atoms with van der Waals surface area (Å²) in [6.45, 7) is 4.79. The van der Waals surface area contributed by atoms with Gasteiger partial charge in [0.2, 0.25) is 0 Å². The van der Waals surface area contributed by atoms with Crippen LogP contribution in [0.2, 0.25) is 0 Å². The molecule has 1 fully saturated rings. The van der Waals surface area contributed by atoms with Gasteiger partial charge in [0.05, 0.1) is 11.6 Å². The number of rotatable bonds is 3. The van der Waals surface area contributed by atoms with Gasteiger partial charge in [0.15, 0.2) is 5.82 Å². The number of hydrogen-bond acceptors (Lipinski definition) is 3. The van der Waals surface area contributed by atoms with Crippen molar-refractivity contribution in [3.8, 4) is 5.69 Å². The first-order chi connectivity index (χ1) is 13.0. The van der Waals surface area contributed by atoms with E-state index in [2.05, 4.69) is 42.8 Å². The fraction of sp³-hybridized carbons (Fsp3) is 0.350. The van der Waals surface area contributed by atoms with Gasteiger partial charge in [-0.05, 0) is 51.0 Å². The van der Waals surface area contributed by atoms with E-state index in [1.165, 1.54) is 0 Å². The molecular formula is C20H22BrN5O. The Hall–Kier alpha value is -2.41. The molecule has 6 nitrogen and oxygen atoms in total. The van der Waals surface area contributed by atoms with Crippen LogP contribution in [-0.2, 0) is 7.05 Å². The summed E-state index contributed by atoms with van der Waals surface area (Å²) in [6, 6.07) is 10.1. The molecule has 7 heteroatoms. The van der Waals surface area contributed by atoms with Crippen LogP contribution in [0, 0.1) is 13.8 Å². The van der Waals surface area contributed by atoms with E-state index in [4.69, 9.17) is 0 Å². The molecule has 1 aromatic carbocycles. The van der Waals surface area contributed by atoms with E-state index in [1.54, 1.807) is 6.33 Å². The number of benzene rings is 1. The van der Waals surface area contributed by atoms with Crippen LogP contribution < -0.4 is 0 Å². The van der Waals surface area contributed by atoms with E-state index >= 15 is 0 Å². The predicted molar refractivity (Wildman–Crippen MR) is 107 cm³/mol. The highest BCUT2D eigenvalue weighted by Gasteiger charge is 2.34. The maximum absolute atomic E-state index is 13.4. The molecule has 0 bridgehead atoms. The zero-order chi connectivity index (χ0) is 19.1. The largest absolute Gasteiger partial charge is 0.328 e. The summed E-state index contributed by atoms with van der Waals surface area (Å²) in [7, 11) is 1.93. The SMILES string of the molecule is Cc1cc(C(=O)N2CCC[C@@H]2c2nncn2C)c(C)n1-c1cccc(Br)c1. The summed E-state index contributed by atoms with van der Waals surface area (Å²) in [5, 5.41) is 8.22. The first-order valence-corrected chi connectivity index (χ1v) is 9.86. The Morgan fingerprint density at radius 3 is 2.78 bits per heavy atom. The first-order valence-electron chi connectivity index (χ1n) is 9.07. The van der Waals surface area contributed by atoms with Gasteiger partial charge in [-0.1, -0.05) is 22.0 Å². The summed E-state index contributed by atoms with van der Waals surface area (Å²) >= 11 is 3.53.